The number of nitrogens with one attached hydrogen (secondary N) is 1. The zero-order chi connectivity index (χ0) is 26.9. The maximum atomic E-state index is 12.8. The third-order valence-electron chi connectivity index (χ3n) is 8.03. The minimum absolute atomic E-state index is 0.151. The van der Waals surface area contributed by atoms with Crippen molar-refractivity contribution in [1.29, 1.82) is 0 Å². The van der Waals surface area contributed by atoms with Crippen LogP contribution in [0.4, 0.5) is 5.69 Å². The highest BCUT2D eigenvalue weighted by Gasteiger charge is 2.35. The summed E-state index contributed by atoms with van der Waals surface area (Å²) >= 11 is 6.27. The Kier molecular flexibility index (Phi) is 10.7. The molecule has 2 saturated heterocycles. The number of benzene rings is 2. The standard InChI is InChI=1S/C31H45ClN4O2/c1-24(2)22-34-17-15-28(35-18-20-36(21-19-35)29-10-6-7-11-30(29)38-3)26(23-34)12-13-31(37)33-16-14-25-8-4-5-9-27(25)32/h4-11,24,26,28H,12-23H2,1-3H3,(H,33,37)/t26-,28+/m1/s1. The Bertz CT molecular complexity index is 1020. The number of likely N-dealkylation sites (tertiary alicyclic amines) is 1. The van der Waals surface area contributed by atoms with Gasteiger partial charge >= 0.3 is 0 Å². The van der Waals surface area contributed by atoms with Gasteiger partial charge in [0.2, 0.25) is 5.91 Å². The van der Waals surface area contributed by atoms with E-state index in [1.807, 2.05) is 36.4 Å². The molecule has 0 aromatic heterocycles. The summed E-state index contributed by atoms with van der Waals surface area (Å²) in [5.74, 6) is 2.26. The van der Waals surface area contributed by atoms with E-state index in [4.69, 9.17) is 16.3 Å². The second-order valence-electron chi connectivity index (χ2n) is 11.2. The van der Waals surface area contributed by atoms with Gasteiger partial charge in [0, 0.05) is 63.3 Å². The lowest BCUT2D eigenvalue weighted by molar-refractivity contribution is -0.121. The van der Waals surface area contributed by atoms with Crippen LogP contribution in [0.2, 0.25) is 5.02 Å². The van der Waals surface area contributed by atoms with Crippen LogP contribution < -0.4 is 15.0 Å². The van der Waals surface area contributed by atoms with E-state index < -0.39 is 0 Å². The predicted octanol–water partition coefficient (Wildman–Crippen LogP) is 4.96. The molecule has 2 heterocycles. The van der Waals surface area contributed by atoms with Crippen molar-refractivity contribution < 1.29 is 9.53 Å². The minimum atomic E-state index is 0.151. The average Bonchev–Trinajstić information content (AvgIpc) is 2.93. The van der Waals surface area contributed by atoms with Gasteiger partial charge in [0.1, 0.15) is 5.75 Å². The normalized spacial score (nSPS) is 21.0. The van der Waals surface area contributed by atoms with Crippen LogP contribution in [0.1, 0.15) is 38.7 Å². The number of nitrogens with zero attached hydrogens (tertiary/aromatic N) is 3. The number of anilines is 1. The molecule has 2 aromatic rings. The number of para-hydroxylation sites is 2. The van der Waals surface area contributed by atoms with Crippen LogP contribution in [0, 0.1) is 11.8 Å². The predicted molar refractivity (Wildman–Crippen MR) is 157 cm³/mol. The summed E-state index contributed by atoms with van der Waals surface area (Å²) in [5.41, 5.74) is 2.27. The van der Waals surface area contributed by atoms with E-state index in [1.54, 1.807) is 7.11 Å². The molecule has 0 radical (unpaired) electrons. The number of rotatable bonds is 11. The van der Waals surface area contributed by atoms with Gasteiger partial charge in [-0.3, -0.25) is 9.69 Å². The van der Waals surface area contributed by atoms with Gasteiger partial charge in [-0.1, -0.05) is 55.8 Å². The molecule has 0 spiro atoms. The molecule has 0 unspecified atom stereocenters. The SMILES string of the molecule is COc1ccccc1N1CCN([C@H]2CCN(CC(C)C)C[C@H]2CCC(=O)NCCc2ccccc2Cl)CC1. The van der Waals surface area contributed by atoms with Gasteiger partial charge in [-0.2, -0.15) is 0 Å². The number of carbonyl (C=O) groups is 1. The summed E-state index contributed by atoms with van der Waals surface area (Å²) in [6, 6.07) is 16.7. The lowest BCUT2D eigenvalue weighted by Crippen LogP contribution is -2.57. The van der Waals surface area contributed by atoms with Gasteiger partial charge in [-0.05, 0) is 61.4 Å². The number of piperazine rings is 1. The van der Waals surface area contributed by atoms with Crippen molar-refractivity contribution in [2.45, 2.75) is 45.6 Å². The number of hydrogen-bond donors (Lipinski definition) is 1. The monoisotopic (exact) mass is 540 g/mol. The Balaban J connectivity index is 1.31. The van der Waals surface area contributed by atoms with Crippen molar-refractivity contribution in [1.82, 2.24) is 15.1 Å². The van der Waals surface area contributed by atoms with Crippen LogP contribution in [0.15, 0.2) is 48.5 Å². The lowest BCUT2D eigenvalue weighted by atomic mass is 9.86. The first-order valence-electron chi connectivity index (χ1n) is 14.3. The summed E-state index contributed by atoms with van der Waals surface area (Å²) in [7, 11) is 1.75. The Morgan fingerprint density at radius 1 is 1.05 bits per heavy atom. The first-order valence-corrected chi connectivity index (χ1v) is 14.7. The molecule has 6 nitrogen and oxygen atoms in total. The number of carbonyl (C=O) groups excluding carboxylic acids is 1. The van der Waals surface area contributed by atoms with Crippen LogP contribution in [0.25, 0.3) is 0 Å². The summed E-state index contributed by atoms with van der Waals surface area (Å²) in [5, 5.41) is 3.89. The van der Waals surface area contributed by atoms with Crippen LogP contribution in [-0.2, 0) is 11.2 Å². The van der Waals surface area contributed by atoms with Gasteiger partial charge in [-0.15, -0.1) is 0 Å². The maximum Gasteiger partial charge on any atom is 0.220 e. The Morgan fingerprint density at radius 3 is 2.53 bits per heavy atom. The molecule has 2 aromatic carbocycles. The van der Waals surface area contributed by atoms with Crippen molar-refractivity contribution in [2.24, 2.45) is 11.8 Å². The van der Waals surface area contributed by atoms with Crippen LogP contribution in [0.3, 0.4) is 0 Å². The largest absolute Gasteiger partial charge is 0.495 e. The molecule has 2 aliphatic heterocycles. The second kappa shape index (κ2) is 14.2. The second-order valence-corrected chi connectivity index (χ2v) is 11.6. The molecule has 2 fully saturated rings. The van der Waals surface area contributed by atoms with E-state index in [2.05, 4.69) is 46.0 Å². The highest BCUT2D eigenvalue weighted by molar-refractivity contribution is 6.31. The zero-order valence-corrected chi connectivity index (χ0v) is 24.1. The first kappa shape index (κ1) is 28.7. The van der Waals surface area contributed by atoms with Gasteiger partial charge in [0.05, 0.1) is 12.8 Å². The number of hydrogen-bond acceptors (Lipinski definition) is 5. The number of halogens is 1. The molecule has 0 bridgehead atoms. The molecular formula is C31H45ClN4O2. The van der Waals surface area contributed by atoms with E-state index in [9.17, 15) is 4.79 Å². The molecule has 2 atom stereocenters. The van der Waals surface area contributed by atoms with E-state index in [0.29, 0.717) is 30.8 Å². The fourth-order valence-corrected chi connectivity index (χ4v) is 6.40. The quantitative estimate of drug-likeness (QED) is 0.437. The number of ether oxygens (including phenoxy) is 1. The molecule has 4 rings (SSSR count). The van der Waals surface area contributed by atoms with Crippen LogP contribution in [-0.4, -0.2) is 81.2 Å². The van der Waals surface area contributed by atoms with E-state index in [-0.39, 0.29) is 5.91 Å². The van der Waals surface area contributed by atoms with Crippen molar-refractivity contribution in [3.8, 4) is 5.75 Å². The van der Waals surface area contributed by atoms with Crippen LogP contribution >= 0.6 is 11.6 Å². The topological polar surface area (TPSA) is 48.1 Å². The molecular weight excluding hydrogens is 496 g/mol. The molecule has 7 heteroatoms. The number of methoxy groups -OCH3 is 1. The molecule has 208 valence electrons. The Morgan fingerprint density at radius 2 is 1.79 bits per heavy atom. The van der Waals surface area contributed by atoms with Gasteiger partial charge in [-0.25, -0.2) is 0 Å². The highest BCUT2D eigenvalue weighted by atomic mass is 35.5. The third-order valence-corrected chi connectivity index (χ3v) is 8.40. The Hall–Kier alpha value is -2.28. The minimum Gasteiger partial charge on any atom is -0.495 e. The van der Waals surface area contributed by atoms with Gasteiger partial charge in [0.15, 0.2) is 0 Å². The smallest absolute Gasteiger partial charge is 0.220 e. The van der Waals surface area contributed by atoms with Crippen molar-refractivity contribution >= 4 is 23.2 Å². The fourth-order valence-electron chi connectivity index (χ4n) is 6.17. The summed E-state index contributed by atoms with van der Waals surface area (Å²) in [6.07, 6.45) is 3.46. The zero-order valence-electron chi connectivity index (χ0n) is 23.4. The van der Waals surface area contributed by atoms with Crippen molar-refractivity contribution in [2.75, 3.05) is 64.4 Å². The molecule has 0 saturated carbocycles. The lowest BCUT2D eigenvalue weighted by Gasteiger charge is -2.47. The van der Waals surface area contributed by atoms with E-state index in [1.165, 1.54) is 12.1 Å². The summed E-state index contributed by atoms with van der Waals surface area (Å²) in [4.78, 5) is 20.5. The van der Waals surface area contributed by atoms with Gasteiger partial charge in [0.25, 0.3) is 0 Å². The first-order chi connectivity index (χ1) is 18.4. The Labute approximate surface area is 234 Å². The molecule has 1 amide bonds. The molecule has 2 aliphatic rings. The highest BCUT2D eigenvalue weighted by Crippen LogP contribution is 2.31. The van der Waals surface area contributed by atoms with E-state index in [0.717, 1.165) is 75.0 Å². The maximum absolute atomic E-state index is 12.8. The average molecular weight is 541 g/mol. The number of piperidine rings is 1. The summed E-state index contributed by atoms with van der Waals surface area (Å²) < 4.78 is 5.61. The molecule has 0 aliphatic carbocycles. The fraction of sp³-hybridized carbons (Fsp3) is 0.581. The third kappa shape index (κ3) is 7.87. The van der Waals surface area contributed by atoms with Crippen LogP contribution in [0.5, 0.6) is 5.75 Å². The summed E-state index contributed by atoms with van der Waals surface area (Å²) in [6.45, 7) is 12.7. The molecule has 38 heavy (non-hydrogen) atoms. The van der Waals surface area contributed by atoms with E-state index >= 15 is 0 Å². The van der Waals surface area contributed by atoms with Crippen molar-refractivity contribution in [3.05, 3.63) is 59.1 Å². The molecule has 1 N–H and O–H groups in total. The van der Waals surface area contributed by atoms with Gasteiger partial charge < -0.3 is 19.9 Å². The number of amides is 1. The van der Waals surface area contributed by atoms with Crippen molar-refractivity contribution in [3.63, 3.8) is 0 Å².